The van der Waals surface area contributed by atoms with Gasteiger partial charge in [0.05, 0.1) is 18.0 Å². The van der Waals surface area contributed by atoms with Crippen molar-refractivity contribution in [3.05, 3.63) is 36.0 Å². The molecular weight excluding hydrogens is 289 g/mol. The number of hydrogen-bond acceptors (Lipinski definition) is 7. The summed E-state index contributed by atoms with van der Waals surface area (Å²) in [5.41, 5.74) is 0.939. The number of nitrogens with zero attached hydrogens (tertiary/aromatic N) is 4. The highest BCUT2D eigenvalue weighted by atomic mass is 19.1. The number of H-pyrrole nitrogens is 1. The molecule has 0 fully saturated rings. The van der Waals surface area contributed by atoms with Gasteiger partial charge >= 0.3 is 0 Å². The fraction of sp³-hybridized carbons (Fsp3) is 0.231. The zero-order chi connectivity index (χ0) is 15.8. The van der Waals surface area contributed by atoms with Gasteiger partial charge in [-0.3, -0.25) is 0 Å². The van der Waals surface area contributed by atoms with Crippen molar-refractivity contribution in [2.45, 2.75) is 0 Å². The van der Waals surface area contributed by atoms with E-state index in [0.717, 1.165) is 0 Å². The molecule has 0 bridgehead atoms. The van der Waals surface area contributed by atoms with E-state index in [0.29, 0.717) is 24.5 Å². The molecule has 0 unspecified atom stereocenters. The number of rotatable bonds is 7. The molecule has 114 valence electrons. The van der Waals surface area contributed by atoms with E-state index in [1.54, 1.807) is 19.2 Å². The summed E-state index contributed by atoms with van der Waals surface area (Å²) in [6, 6.07) is 6.53. The van der Waals surface area contributed by atoms with E-state index in [1.165, 1.54) is 12.3 Å². The Morgan fingerprint density at radius 1 is 1.55 bits per heavy atom. The van der Waals surface area contributed by atoms with Gasteiger partial charge in [-0.15, -0.1) is 10.2 Å². The standard InChI is InChI=1S/C13H14FN7O/c1-22-6-5-16-12-10(14)3-2-4-11(12)17-8-9(7-15)13-18-20-21-19-13/h2-4,8,16-17H,5-6H2,1H3,(H,18,19,20,21). The predicted octanol–water partition coefficient (Wildman–Crippen LogP) is 1.37. The number of hydrogen-bond donors (Lipinski definition) is 3. The van der Waals surface area contributed by atoms with Crippen molar-refractivity contribution in [3.8, 4) is 6.07 Å². The Bertz CT molecular complexity index is 678. The van der Waals surface area contributed by atoms with Gasteiger partial charge in [-0.2, -0.15) is 10.5 Å². The molecule has 22 heavy (non-hydrogen) atoms. The second kappa shape index (κ2) is 7.70. The van der Waals surface area contributed by atoms with E-state index < -0.39 is 5.82 Å². The van der Waals surface area contributed by atoms with Crippen molar-refractivity contribution < 1.29 is 9.13 Å². The second-order valence-corrected chi connectivity index (χ2v) is 4.13. The number of nitrogens with one attached hydrogen (secondary N) is 3. The zero-order valence-electron chi connectivity index (χ0n) is 11.8. The van der Waals surface area contributed by atoms with Gasteiger partial charge in [-0.1, -0.05) is 6.07 Å². The van der Waals surface area contributed by atoms with E-state index in [4.69, 9.17) is 10.00 Å². The number of halogens is 1. The summed E-state index contributed by atoms with van der Waals surface area (Å²) < 4.78 is 18.8. The average Bonchev–Trinajstić information content (AvgIpc) is 3.05. The molecule has 8 nitrogen and oxygen atoms in total. The average molecular weight is 303 g/mol. The number of anilines is 2. The van der Waals surface area contributed by atoms with Gasteiger partial charge in [-0.25, -0.2) is 4.39 Å². The molecule has 0 aliphatic carbocycles. The molecule has 1 aromatic carbocycles. The van der Waals surface area contributed by atoms with Crippen LogP contribution in [0.5, 0.6) is 0 Å². The molecule has 2 rings (SSSR count). The molecule has 1 aromatic heterocycles. The van der Waals surface area contributed by atoms with Gasteiger partial charge in [0.2, 0.25) is 5.82 Å². The Kier molecular flexibility index (Phi) is 5.39. The molecular formula is C13H14FN7O. The number of allylic oxidation sites excluding steroid dienone is 1. The molecule has 1 heterocycles. The molecule has 0 spiro atoms. The number of methoxy groups -OCH3 is 1. The van der Waals surface area contributed by atoms with Crippen LogP contribution in [-0.2, 0) is 4.74 Å². The van der Waals surface area contributed by atoms with Crippen LogP contribution in [0.25, 0.3) is 5.57 Å². The Morgan fingerprint density at radius 3 is 3.09 bits per heavy atom. The topological polar surface area (TPSA) is 112 Å². The van der Waals surface area contributed by atoms with Crippen LogP contribution in [0.2, 0.25) is 0 Å². The monoisotopic (exact) mass is 303 g/mol. The van der Waals surface area contributed by atoms with Crippen LogP contribution in [0.15, 0.2) is 24.4 Å². The van der Waals surface area contributed by atoms with Crippen LogP contribution in [0.3, 0.4) is 0 Å². The minimum absolute atomic E-state index is 0.153. The third-order valence-corrected chi connectivity index (χ3v) is 2.70. The highest BCUT2D eigenvalue weighted by Gasteiger charge is 2.09. The molecule has 0 amide bonds. The number of nitriles is 1. The Balaban J connectivity index is 2.18. The zero-order valence-corrected chi connectivity index (χ0v) is 11.8. The predicted molar refractivity (Wildman–Crippen MR) is 78.2 cm³/mol. The van der Waals surface area contributed by atoms with Gasteiger partial charge in [-0.05, 0) is 17.3 Å². The van der Waals surface area contributed by atoms with Crippen LogP contribution in [0, 0.1) is 17.1 Å². The molecule has 3 N–H and O–H groups in total. The summed E-state index contributed by atoms with van der Waals surface area (Å²) in [7, 11) is 1.56. The SMILES string of the molecule is COCCNc1c(F)cccc1NC=C(C#N)c1nn[nH]n1. The maximum absolute atomic E-state index is 13.9. The van der Waals surface area contributed by atoms with Crippen LogP contribution in [-0.4, -0.2) is 40.9 Å². The molecule has 0 aliphatic rings. The first kappa shape index (κ1) is 15.4. The lowest BCUT2D eigenvalue weighted by molar-refractivity contribution is 0.210. The van der Waals surface area contributed by atoms with Crippen molar-refractivity contribution in [3.63, 3.8) is 0 Å². The van der Waals surface area contributed by atoms with Gasteiger partial charge < -0.3 is 15.4 Å². The summed E-state index contributed by atoms with van der Waals surface area (Å²) in [4.78, 5) is 0. The summed E-state index contributed by atoms with van der Waals surface area (Å²) in [6.45, 7) is 0.891. The van der Waals surface area contributed by atoms with Gasteiger partial charge in [0, 0.05) is 19.9 Å². The van der Waals surface area contributed by atoms with Crippen LogP contribution >= 0.6 is 0 Å². The van der Waals surface area contributed by atoms with Crippen molar-refractivity contribution in [2.75, 3.05) is 30.9 Å². The van der Waals surface area contributed by atoms with E-state index in [1.807, 2.05) is 6.07 Å². The lowest BCUT2D eigenvalue weighted by Gasteiger charge is -2.12. The van der Waals surface area contributed by atoms with Crippen molar-refractivity contribution in [1.82, 2.24) is 20.6 Å². The Labute approximate surface area is 126 Å². The van der Waals surface area contributed by atoms with E-state index in [2.05, 4.69) is 31.3 Å². The highest BCUT2D eigenvalue weighted by Crippen LogP contribution is 2.25. The lowest BCUT2D eigenvalue weighted by Crippen LogP contribution is -2.10. The largest absolute Gasteiger partial charge is 0.383 e. The maximum Gasteiger partial charge on any atom is 0.216 e. The van der Waals surface area contributed by atoms with Gasteiger partial charge in [0.25, 0.3) is 0 Å². The van der Waals surface area contributed by atoms with Crippen LogP contribution < -0.4 is 10.6 Å². The fourth-order valence-corrected chi connectivity index (χ4v) is 1.67. The first-order valence-corrected chi connectivity index (χ1v) is 6.38. The second-order valence-electron chi connectivity index (χ2n) is 4.13. The van der Waals surface area contributed by atoms with E-state index >= 15 is 0 Å². The molecule has 0 atom stereocenters. The van der Waals surface area contributed by atoms with Crippen molar-refractivity contribution in [2.24, 2.45) is 0 Å². The number of benzene rings is 1. The number of para-hydroxylation sites is 1. The first-order chi connectivity index (χ1) is 10.8. The van der Waals surface area contributed by atoms with Gasteiger partial charge in [0.15, 0.2) is 0 Å². The maximum atomic E-state index is 13.9. The van der Waals surface area contributed by atoms with Crippen molar-refractivity contribution in [1.29, 1.82) is 5.26 Å². The van der Waals surface area contributed by atoms with Crippen LogP contribution in [0.4, 0.5) is 15.8 Å². The van der Waals surface area contributed by atoms with Crippen LogP contribution in [0.1, 0.15) is 5.82 Å². The Morgan fingerprint density at radius 2 is 2.41 bits per heavy atom. The van der Waals surface area contributed by atoms with Crippen molar-refractivity contribution >= 4 is 16.9 Å². The number of aromatic nitrogens is 4. The highest BCUT2D eigenvalue weighted by molar-refractivity contribution is 5.77. The molecule has 0 radical (unpaired) electrons. The summed E-state index contributed by atoms with van der Waals surface area (Å²) in [5.74, 6) is -0.257. The smallest absolute Gasteiger partial charge is 0.216 e. The van der Waals surface area contributed by atoms with Gasteiger partial charge in [0.1, 0.15) is 17.5 Å². The normalized spacial score (nSPS) is 11.0. The molecule has 0 aliphatic heterocycles. The minimum Gasteiger partial charge on any atom is -0.383 e. The lowest BCUT2D eigenvalue weighted by atomic mass is 10.2. The summed E-state index contributed by atoms with van der Waals surface area (Å²) in [5, 5.41) is 28.0. The Hall–Kier alpha value is -2.99. The molecule has 2 aromatic rings. The first-order valence-electron chi connectivity index (χ1n) is 6.38. The third kappa shape index (κ3) is 3.77. The quantitative estimate of drug-likeness (QED) is 0.523. The molecule has 9 heteroatoms. The molecule has 0 saturated carbocycles. The number of tetrazole rings is 1. The molecule has 0 saturated heterocycles. The summed E-state index contributed by atoms with van der Waals surface area (Å²) in [6.07, 6.45) is 1.39. The fourth-order valence-electron chi connectivity index (χ4n) is 1.67. The number of aromatic amines is 1. The third-order valence-electron chi connectivity index (χ3n) is 2.70. The minimum atomic E-state index is -0.410. The van der Waals surface area contributed by atoms with E-state index in [9.17, 15) is 4.39 Å². The summed E-state index contributed by atoms with van der Waals surface area (Å²) >= 11 is 0. The number of ether oxygens (including phenoxy) is 1. The van der Waals surface area contributed by atoms with E-state index in [-0.39, 0.29) is 11.4 Å².